The van der Waals surface area contributed by atoms with E-state index in [0.717, 1.165) is 42.5 Å². The summed E-state index contributed by atoms with van der Waals surface area (Å²) in [5.74, 6) is 0.520. The number of ether oxygens (including phenoxy) is 2. The number of hydrogen-bond acceptors (Lipinski definition) is 5. The largest absolute Gasteiger partial charge is 0.448 e. The number of amides is 1. The summed E-state index contributed by atoms with van der Waals surface area (Å²) in [5, 5.41) is 2.89. The van der Waals surface area contributed by atoms with Crippen LogP contribution in [0.3, 0.4) is 0 Å². The van der Waals surface area contributed by atoms with Crippen molar-refractivity contribution in [2.75, 3.05) is 14.1 Å². The van der Waals surface area contributed by atoms with E-state index in [1.807, 2.05) is 33.8 Å². The molecule has 0 unspecified atom stereocenters. The fourth-order valence-corrected chi connectivity index (χ4v) is 5.72. The summed E-state index contributed by atoms with van der Waals surface area (Å²) in [6, 6.07) is 4.27. The van der Waals surface area contributed by atoms with E-state index >= 15 is 0 Å². The zero-order valence-corrected chi connectivity index (χ0v) is 22.4. The van der Waals surface area contributed by atoms with Crippen LogP contribution in [0.4, 0.5) is 0 Å². The molecule has 4 rings (SSSR count). The summed E-state index contributed by atoms with van der Waals surface area (Å²) in [4.78, 5) is 30.5. The maximum absolute atomic E-state index is 13.1. The van der Waals surface area contributed by atoms with Gasteiger partial charge in [-0.25, -0.2) is 0 Å². The predicted molar refractivity (Wildman–Crippen MR) is 136 cm³/mol. The second kappa shape index (κ2) is 9.38. The smallest absolute Gasteiger partial charge is 0.253 e. The lowest BCUT2D eigenvalue weighted by molar-refractivity contribution is -0.123. The molecule has 184 valence electrons. The standard InChI is InChI=1S/C26H34BrN3O4/c1-14-11-15(2)29-25(32)20(14)13-28-24(31)19-12-21(27)23-22(16(19)3)33-26(4,34-23)17-7-9-18(10-8-17)30(5)6/h11-12,17-18H,7-10,13H2,1-6H3,(H,28,31)(H,29,32)/t17?,18?,26-/m0/s1. The van der Waals surface area contributed by atoms with Crippen molar-refractivity contribution in [2.24, 2.45) is 5.92 Å². The normalized spacial score (nSPS) is 23.9. The van der Waals surface area contributed by atoms with Gasteiger partial charge >= 0.3 is 0 Å². The van der Waals surface area contributed by atoms with Crippen LogP contribution in [0.2, 0.25) is 0 Å². The third kappa shape index (κ3) is 4.62. The zero-order valence-electron chi connectivity index (χ0n) is 20.8. The van der Waals surface area contributed by atoms with E-state index in [-0.39, 0.29) is 23.9 Å². The highest BCUT2D eigenvalue weighted by molar-refractivity contribution is 9.10. The van der Waals surface area contributed by atoms with Crippen LogP contribution in [0.25, 0.3) is 0 Å². The van der Waals surface area contributed by atoms with Crippen molar-refractivity contribution in [3.63, 3.8) is 0 Å². The molecule has 2 aliphatic rings. The first-order valence-corrected chi connectivity index (χ1v) is 12.6. The number of benzene rings is 1. The molecule has 0 bridgehead atoms. The number of carbonyl (C=O) groups excluding carboxylic acids is 1. The molecule has 0 radical (unpaired) electrons. The first kappa shape index (κ1) is 24.8. The molecular formula is C26H34BrN3O4. The lowest BCUT2D eigenvalue weighted by atomic mass is 9.81. The topological polar surface area (TPSA) is 83.7 Å². The lowest BCUT2D eigenvalue weighted by Gasteiger charge is -2.39. The van der Waals surface area contributed by atoms with Crippen molar-refractivity contribution >= 4 is 21.8 Å². The van der Waals surface area contributed by atoms with E-state index in [4.69, 9.17) is 9.47 Å². The molecule has 2 aromatic rings. The Balaban J connectivity index is 1.52. The lowest BCUT2D eigenvalue weighted by Crippen LogP contribution is -2.46. The van der Waals surface area contributed by atoms with Gasteiger partial charge in [0.1, 0.15) is 0 Å². The highest BCUT2D eigenvalue weighted by atomic mass is 79.9. The maximum Gasteiger partial charge on any atom is 0.253 e. The fraction of sp³-hybridized carbons (Fsp3) is 0.538. The van der Waals surface area contributed by atoms with E-state index in [1.54, 1.807) is 6.07 Å². The summed E-state index contributed by atoms with van der Waals surface area (Å²) in [6.07, 6.45) is 4.28. The summed E-state index contributed by atoms with van der Waals surface area (Å²) in [6.45, 7) is 7.75. The second-order valence-electron chi connectivity index (χ2n) is 10.0. The quantitative estimate of drug-likeness (QED) is 0.588. The molecule has 1 aliphatic carbocycles. The molecule has 1 atom stereocenters. The summed E-state index contributed by atoms with van der Waals surface area (Å²) >= 11 is 3.59. The molecule has 34 heavy (non-hydrogen) atoms. The van der Waals surface area contributed by atoms with Gasteiger partial charge in [0, 0.05) is 47.8 Å². The average molecular weight is 532 g/mol. The number of nitrogens with zero attached hydrogens (tertiary/aromatic N) is 1. The van der Waals surface area contributed by atoms with E-state index in [0.29, 0.717) is 33.1 Å². The minimum Gasteiger partial charge on any atom is -0.448 e. The van der Waals surface area contributed by atoms with Crippen LogP contribution < -0.4 is 20.3 Å². The molecule has 1 aliphatic heterocycles. The van der Waals surface area contributed by atoms with Crippen molar-refractivity contribution in [2.45, 2.75) is 71.8 Å². The zero-order chi connectivity index (χ0) is 24.8. The van der Waals surface area contributed by atoms with E-state index in [2.05, 4.69) is 45.2 Å². The molecule has 1 fully saturated rings. The average Bonchev–Trinajstić information content (AvgIpc) is 3.15. The number of nitrogens with one attached hydrogen (secondary N) is 2. The number of fused-ring (bicyclic) bond motifs is 1. The first-order valence-electron chi connectivity index (χ1n) is 11.8. The van der Waals surface area contributed by atoms with Crippen molar-refractivity contribution in [3.8, 4) is 11.5 Å². The van der Waals surface area contributed by atoms with Gasteiger partial charge in [0.05, 0.1) is 4.47 Å². The highest BCUT2D eigenvalue weighted by Crippen LogP contribution is 2.51. The van der Waals surface area contributed by atoms with E-state index in [9.17, 15) is 9.59 Å². The van der Waals surface area contributed by atoms with Crippen molar-refractivity contribution in [1.29, 1.82) is 0 Å². The van der Waals surface area contributed by atoms with Crippen LogP contribution in [0.5, 0.6) is 11.5 Å². The SMILES string of the molecule is Cc1cc(C)c(CNC(=O)c2cc(Br)c3c(c2C)O[C@](C)(C2CCC(N(C)C)CC2)O3)c(=O)[nH]1. The molecule has 7 nitrogen and oxygen atoms in total. The number of aromatic nitrogens is 1. The minimum atomic E-state index is -0.756. The Bertz CT molecular complexity index is 1170. The van der Waals surface area contributed by atoms with Gasteiger partial charge in [-0.15, -0.1) is 0 Å². The summed E-state index contributed by atoms with van der Waals surface area (Å²) in [5.41, 5.74) is 3.25. The van der Waals surface area contributed by atoms with Crippen LogP contribution in [-0.4, -0.2) is 41.7 Å². The second-order valence-corrected chi connectivity index (χ2v) is 10.9. The van der Waals surface area contributed by atoms with Crippen LogP contribution in [0.15, 0.2) is 21.4 Å². The van der Waals surface area contributed by atoms with Gasteiger partial charge < -0.3 is 24.7 Å². The predicted octanol–water partition coefficient (Wildman–Crippen LogP) is 4.60. The van der Waals surface area contributed by atoms with Gasteiger partial charge in [-0.1, -0.05) is 0 Å². The fourth-order valence-electron chi connectivity index (χ4n) is 5.23. The maximum atomic E-state index is 13.1. The Morgan fingerprint density at radius 2 is 1.79 bits per heavy atom. The molecule has 8 heteroatoms. The Labute approximate surface area is 209 Å². The monoisotopic (exact) mass is 531 g/mol. The van der Waals surface area contributed by atoms with E-state index < -0.39 is 5.79 Å². The van der Waals surface area contributed by atoms with Crippen molar-refractivity contribution in [3.05, 3.63) is 54.9 Å². The third-order valence-corrected chi connectivity index (χ3v) is 7.97. The van der Waals surface area contributed by atoms with Crippen LogP contribution >= 0.6 is 15.9 Å². The number of aromatic amines is 1. The van der Waals surface area contributed by atoms with Crippen molar-refractivity contribution in [1.82, 2.24) is 15.2 Å². The van der Waals surface area contributed by atoms with Crippen LogP contribution in [0.1, 0.15) is 65.3 Å². The number of H-pyrrole nitrogens is 1. The summed E-state index contributed by atoms with van der Waals surface area (Å²) < 4.78 is 13.5. The van der Waals surface area contributed by atoms with Gasteiger partial charge in [-0.3, -0.25) is 9.59 Å². The number of pyridine rings is 1. The molecule has 0 spiro atoms. The first-order chi connectivity index (χ1) is 16.0. The van der Waals surface area contributed by atoms with Crippen molar-refractivity contribution < 1.29 is 14.3 Å². The Morgan fingerprint density at radius 3 is 2.41 bits per heavy atom. The van der Waals surface area contributed by atoms with Gasteiger partial charge in [0.15, 0.2) is 11.5 Å². The van der Waals surface area contributed by atoms with Gasteiger partial charge in [0.2, 0.25) is 0 Å². The number of hydrogen-bond donors (Lipinski definition) is 2. The molecular weight excluding hydrogens is 498 g/mol. The number of aryl methyl sites for hydroxylation is 2. The molecule has 2 N–H and O–H groups in total. The summed E-state index contributed by atoms with van der Waals surface area (Å²) in [7, 11) is 4.27. The highest BCUT2D eigenvalue weighted by Gasteiger charge is 2.47. The molecule has 0 saturated heterocycles. The molecule has 1 saturated carbocycles. The molecule has 1 aromatic carbocycles. The number of rotatable bonds is 5. The molecule has 2 heterocycles. The van der Waals surface area contributed by atoms with Gasteiger partial charge in [-0.2, -0.15) is 0 Å². The van der Waals surface area contributed by atoms with Gasteiger partial charge in [-0.05, 0) is 94.2 Å². The van der Waals surface area contributed by atoms with Crippen LogP contribution in [0, 0.1) is 26.7 Å². The molecule has 1 aromatic heterocycles. The number of carbonyl (C=O) groups is 1. The Kier molecular flexibility index (Phi) is 6.84. The van der Waals surface area contributed by atoms with Gasteiger partial charge in [0.25, 0.3) is 17.3 Å². The van der Waals surface area contributed by atoms with E-state index in [1.165, 1.54) is 0 Å². The molecule has 1 amide bonds. The van der Waals surface area contributed by atoms with Crippen LogP contribution in [-0.2, 0) is 6.54 Å². The Hall–Kier alpha value is -2.32. The minimum absolute atomic E-state index is 0.151. The third-order valence-electron chi connectivity index (χ3n) is 7.38. The Morgan fingerprint density at radius 1 is 1.15 bits per heavy atom. The number of halogens is 1.